The van der Waals surface area contributed by atoms with E-state index in [0.717, 1.165) is 12.8 Å². The third kappa shape index (κ3) is 2.88. The van der Waals surface area contributed by atoms with E-state index in [1.165, 1.54) is 0 Å². The van der Waals surface area contributed by atoms with E-state index < -0.39 is 0 Å². The number of carbonyl (C=O) groups excluding carboxylic acids is 1. The van der Waals surface area contributed by atoms with Crippen molar-refractivity contribution in [3.05, 3.63) is 23.8 Å². The Hall–Kier alpha value is -1.75. The van der Waals surface area contributed by atoms with Gasteiger partial charge in [-0.3, -0.25) is 4.79 Å². The minimum atomic E-state index is -0.0871. The van der Waals surface area contributed by atoms with Gasteiger partial charge >= 0.3 is 0 Å². The van der Waals surface area contributed by atoms with Crippen LogP contribution < -0.4 is 14.8 Å². The highest BCUT2D eigenvalue weighted by Crippen LogP contribution is 2.33. The maximum Gasteiger partial charge on any atom is 0.251 e. The Labute approximate surface area is 118 Å². The Morgan fingerprint density at radius 2 is 2.10 bits per heavy atom. The van der Waals surface area contributed by atoms with Crippen LogP contribution in [0.4, 0.5) is 0 Å². The lowest BCUT2D eigenvalue weighted by Gasteiger charge is -2.20. The molecule has 1 unspecified atom stereocenters. The highest BCUT2D eigenvalue weighted by atomic mass is 16.6. The van der Waals surface area contributed by atoms with Gasteiger partial charge in [0.15, 0.2) is 11.5 Å². The number of amides is 1. The van der Waals surface area contributed by atoms with E-state index in [0.29, 0.717) is 42.8 Å². The van der Waals surface area contributed by atoms with Crippen LogP contribution in [-0.2, 0) is 4.74 Å². The van der Waals surface area contributed by atoms with E-state index in [2.05, 4.69) is 5.32 Å². The smallest absolute Gasteiger partial charge is 0.251 e. The van der Waals surface area contributed by atoms with Gasteiger partial charge < -0.3 is 19.5 Å². The summed E-state index contributed by atoms with van der Waals surface area (Å²) in [5, 5.41) is 3.04. The van der Waals surface area contributed by atoms with Crippen molar-refractivity contribution in [3.63, 3.8) is 0 Å². The molecule has 108 valence electrons. The van der Waals surface area contributed by atoms with Crippen molar-refractivity contribution in [2.45, 2.75) is 18.9 Å². The van der Waals surface area contributed by atoms with Gasteiger partial charge in [-0.25, -0.2) is 0 Å². The van der Waals surface area contributed by atoms with Crippen LogP contribution in [0.1, 0.15) is 23.2 Å². The Balaban J connectivity index is 1.69. The van der Waals surface area contributed by atoms with Crippen LogP contribution in [0, 0.1) is 5.92 Å². The van der Waals surface area contributed by atoms with Crippen LogP contribution in [-0.4, -0.2) is 38.9 Å². The SMILES string of the molecule is COCC(NC(=O)c1ccc2c(c1)OCCO2)C1CC1. The summed E-state index contributed by atoms with van der Waals surface area (Å²) >= 11 is 0. The van der Waals surface area contributed by atoms with Gasteiger partial charge in [-0.2, -0.15) is 0 Å². The molecule has 1 N–H and O–H groups in total. The highest BCUT2D eigenvalue weighted by Gasteiger charge is 2.32. The molecule has 0 aromatic heterocycles. The van der Waals surface area contributed by atoms with Gasteiger partial charge in [0.05, 0.1) is 12.6 Å². The Bertz CT molecular complexity index is 499. The molecule has 5 nitrogen and oxygen atoms in total. The van der Waals surface area contributed by atoms with Gasteiger partial charge in [0.2, 0.25) is 0 Å². The Morgan fingerprint density at radius 1 is 1.35 bits per heavy atom. The second-order valence-electron chi connectivity index (χ2n) is 5.23. The number of nitrogens with one attached hydrogen (secondary N) is 1. The topological polar surface area (TPSA) is 56.8 Å². The molecule has 1 aliphatic heterocycles. The molecule has 1 aliphatic carbocycles. The first-order valence-corrected chi connectivity index (χ1v) is 6.97. The van der Waals surface area contributed by atoms with Gasteiger partial charge in [-0.1, -0.05) is 0 Å². The number of fused-ring (bicyclic) bond motifs is 1. The summed E-state index contributed by atoms with van der Waals surface area (Å²) in [4.78, 5) is 12.3. The molecule has 2 aliphatic rings. The fourth-order valence-corrected chi connectivity index (χ4v) is 2.41. The van der Waals surface area contributed by atoms with Crippen molar-refractivity contribution in [2.75, 3.05) is 26.9 Å². The third-order valence-corrected chi connectivity index (χ3v) is 3.66. The monoisotopic (exact) mass is 277 g/mol. The molecule has 3 rings (SSSR count). The molecule has 20 heavy (non-hydrogen) atoms. The molecule has 0 radical (unpaired) electrons. The van der Waals surface area contributed by atoms with Crippen molar-refractivity contribution in [1.29, 1.82) is 0 Å². The number of carbonyl (C=O) groups is 1. The van der Waals surface area contributed by atoms with Crippen molar-refractivity contribution in [2.24, 2.45) is 5.92 Å². The van der Waals surface area contributed by atoms with Crippen LogP contribution in [0.3, 0.4) is 0 Å². The van der Waals surface area contributed by atoms with E-state index >= 15 is 0 Å². The number of rotatable bonds is 5. The second-order valence-corrected chi connectivity index (χ2v) is 5.23. The molecular formula is C15H19NO4. The van der Waals surface area contributed by atoms with Gasteiger partial charge in [0, 0.05) is 12.7 Å². The zero-order valence-corrected chi connectivity index (χ0v) is 11.6. The third-order valence-electron chi connectivity index (χ3n) is 3.66. The normalized spacial score (nSPS) is 18.4. The number of hydrogen-bond acceptors (Lipinski definition) is 4. The van der Waals surface area contributed by atoms with Gasteiger partial charge in [-0.15, -0.1) is 0 Å². The molecule has 1 saturated carbocycles. The predicted molar refractivity (Wildman–Crippen MR) is 73.3 cm³/mol. The summed E-state index contributed by atoms with van der Waals surface area (Å²) in [6.45, 7) is 1.63. The van der Waals surface area contributed by atoms with E-state index in [4.69, 9.17) is 14.2 Å². The number of methoxy groups -OCH3 is 1. The first-order chi connectivity index (χ1) is 9.78. The largest absolute Gasteiger partial charge is 0.486 e. The zero-order valence-electron chi connectivity index (χ0n) is 11.6. The quantitative estimate of drug-likeness (QED) is 0.888. The van der Waals surface area contributed by atoms with E-state index in [9.17, 15) is 4.79 Å². The lowest BCUT2D eigenvalue weighted by atomic mass is 10.1. The second kappa shape index (κ2) is 5.71. The van der Waals surface area contributed by atoms with Crippen LogP contribution in [0.2, 0.25) is 0 Å². The average Bonchev–Trinajstić information content (AvgIpc) is 3.31. The van der Waals surface area contributed by atoms with E-state index in [1.807, 2.05) is 0 Å². The molecule has 0 bridgehead atoms. The summed E-state index contributed by atoms with van der Waals surface area (Å²) < 4.78 is 16.1. The van der Waals surface area contributed by atoms with E-state index in [-0.39, 0.29) is 11.9 Å². The maximum absolute atomic E-state index is 12.3. The number of hydrogen-bond donors (Lipinski definition) is 1. The standard InChI is InChI=1S/C15H19NO4/c1-18-9-12(10-2-3-10)16-15(17)11-4-5-13-14(8-11)20-7-6-19-13/h4-5,8,10,12H,2-3,6-7,9H2,1H3,(H,16,17). The fraction of sp³-hybridized carbons (Fsp3) is 0.533. The first-order valence-electron chi connectivity index (χ1n) is 6.97. The molecule has 1 heterocycles. The first kappa shape index (κ1) is 13.2. The van der Waals surface area contributed by atoms with Gasteiger partial charge in [0.1, 0.15) is 13.2 Å². The fourth-order valence-electron chi connectivity index (χ4n) is 2.41. The van der Waals surface area contributed by atoms with Crippen LogP contribution >= 0.6 is 0 Å². The summed E-state index contributed by atoms with van der Waals surface area (Å²) in [5.74, 6) is 1.80. The van der Waals surface area contributed by atoms with Crippen molar-refractivity contribution in [1.82, 2.24) is 5.32 Å². The lowest BCUT2D eigenvalue weighted by molar-refractivity contribution is 0.0883. The summed E-state index contributed by atoms with van der Waals surface area (Å²) in [5.41, 5.74) is 0.594. The lowest BCUT2D eigenvalue weighted by Crippen LogP contribution is -2.39. The number of benzene rings is 1. The van der Waals surface area contributed by atoms with E-state index in [1.54, 1.807) is 25.3 Å². The van der Waals surface area contributed by atoms with Crippen LogP contribution in [0.15, 0.2) is 18.2 Å². The minimum Gasteiger partial charge on any atom is -0.486 e. The predicted octanol–water partition coefficient (Wildman–Crippen LogP) is 1.61. The molecule has 0 saturated heterocycles. The van der Waals surface area contributed by atoms with Crippen molar-refractivity contribution < 1.29 is 19.0 Å². The zero-order chi connectivity index (χ0) is 13.9. The average molecular weight is 277 g/mol. The molecule has 5 heteroatoms. The minimum absolute atomic E-state index is 0.0871. The van der Waals surface area contributed by atoms with Gasteiger partial charge in [0.25, 0.3) is 5.91 Å². The molecule has 1 fully saturated rings. The summed E-state index contributed by atoms with van der Waals surface area (Å²) in [7, 11) is 1.66. The van der Waals surface area contributed by atoms with Gasteiger partial charge in [-0.05, 0) is 37.0 Å². The maximum atomic E-state index is 12.3. The Morgan fingerprint density at radius 3 is 2.80 bits per heavy atom. The van der Waals surface area contributed by atoms with Crippen LogP contribution in [0.25, 0.3) is 0 Å². The number of ether oxygens (including phenoxy) is 3. The molecule has 1 amide bonds. The molecule has 1 aromatic rings. The Kier molecular flexibility index (Phi) is 3.78. The van der Waals surface area contributed by atoms with Crippen LogP contribution in [0.5, 0.6) is 11.5 Å². The molecule has 1 aromatic carbocycles. The van der Waals surface area contributed by atoms with Crippen molar-refractivity contribution >= 4 is 5.91 Å². The summed E-state index contributed by atoms with van der Waals surface area (Å²) in [6, 6.07) is 5.38. The molecule has 1 atom stereocenters. The molecular weight excluding hydrogens is 258 g/mol. The van der Waals surface area contributed by atoms with Crippen molar-refractivity contribution in [3.8, 4) is 11.5 Å². The molecule has 0 spiro atoms. The highest BCUT2D eigenvalue weighted by molar-refractivity contribution is 5.95. The summed E-state index contributed by atoms with van der Waals surface area (Å²) in [6.07, 6.45) is 2.32.